The van der Waals surface area contributed by atoms with E-state index in [0.29, 0.717) is 41.8 Å². The lowest BCUT2D eigenvalue weighted by atomic mass is 9.88. The van der Waals surface area contributed by atoms with E-state index < -0.39 is 29.2 Å². The van der Waals surface area contributed by atoms with Crippen LogP contribution in [-0.2, 0) is 0 Å². The highest BCUT2D eigenvalue weighted by molar-refractivity contribution is 6.04. The lowest BCUT2D eigenvalue weighted by molar-refractivity contribution is 0.0644. The second-order valence-electron chi connectivity index (χ2n) is 10.0. The molecule has 1 aliphatic heterocycles. The van der Waals surface area contributed by atoms with Crippen molar-refractivity contribution in [3.63, 3.8) is 0 Å². The third-order valence-corrected chi connectivity index (χ3v) is 7.07. The van der Waals surface area contributed by atoms with Gasteiger partial charge in [-0.1, -0.05) is 0 Å². The standard InChI is InChI=1S/C32H26F2N4O5/c1-19(39)20-2-7-25(8-3-20)43-29-11-6-24(18-36-29)37-31(41)22-4-10-28(35-17-22)32(42)38-14-12-21(13-15-38)30(40)26-9-5-23(33)16-27(26)34/h2-11,16-18,21H,12-15H2,1H3,(H,37,41). The highest BCUT2D eigenvalue weighted by Crippen LogP contribution is 2.25. The van der Waals surface area contributed by atoms with E-state index in [-0.39, 0.29) is 41.6 Å². The van der Waals surface area contributed by atoms with Crippen molar-refractivity contribution in [2.75, 3.05) is 18.4 Å². The quantitative estimate of drug-likeness (QED) is 0.263. The molecule has 1 fully saturated rings. The Morgan fingerprint density at radius 1 is 0.860 bits per heavy atom. The molecule has 2 aromatic heterocycles. The molecule has 3 heterocycles. The fourth-order valence-electron chi connectivity index (χ4n) is 4.67. The van der Waals surface area contributed by atoms with Gasteiger partial charge in [0.2, 0.25) is 5.88 Å². The smallest absolute Gasteiger partial charge is 0.272 e. The van der Waals surface area contributed by atoms with Crippen LogP contribution in [0.15, 0.2) is 79.1 Å². The van der Waals surface area contributed by atoms with E-state index in [2.05, 4.69) is 15.3 Å². The maximum absolute atomic E-state index is 14.0. The van der Waals surface area contributed by atoms with Crippen LogP contribution >= 0.6 is 0 Å². The van der Waals surface area contributed by atoms with Gasteiger partial charge in [0, 0.05) is 42.9 Å². The highest BCUT2D eigenvalue weighted by Gasteiger charge is 2.30. The number of amides is 2. The van der Waals surface area contributed by atoms with Crippen LogP contribution in [0.5, 0.6) is 11.6 Å². The van der Waals surface area contributed by atoms with E-state index in [4.69, 9.17) is 4.74 Å². The number of aromatic nitrogens is 2. The summed E-state index contributed by atoms with van der Waals surface area (Å²) in [5.74, 6) is -2.56. The minimum Gasteiger partial charge on any atom is -0.439 e. The van der Waals surface area contributed by atoms with Gasteiger partial charge in [0.05, 0.1) is 23.0 Å². The second kappa shape index (κ2) is 12.7. The molecule has 5 rings (SSSR count). The summed E-state index contributed by atoms with van der Waals surface area (Å²) < 4.78 is 32.9. The van der Waals surface area contributed by atoms with Crippen LogP contribution in [0, 0.1) is 17.6 Å². The molecule has 1 N–H and O–H groups in total. The van der Waals surface area contributed by atoms with Crippen LogP contribution in [-0.4, -0.2) is 51.3 Å². The summed E-state index contributed by atoms with van der Waals surface area (Å²) in [5, 5.41) is 2.71. The van der Waals surface area contributed by atoms with Crippen molar-refractivity contribution >= 4 is 29.1 Å². The number of hydrogen-bond donors (Lipinski definition) is 1. The number of nitrogens with one attached hydrogen (secondary N) is 1. The molecule has 218 valence electrons. The van der Waals surface area contributed by atoms with Crippen molar-refractivity contribution in [3.8, 4) is 11.6 Å². The molecule has 0 saturated carbocycles. The molecule has 0 radical (unpaired) electrons. The molecule has 0 aliphatic carbocycles. The minimum atomic E-state index is -0.895. The summed E-state index contributed by atoms with van der Waals surface area (Å²) in [6.07, 6.45) is 3.41. The van der Waals surface area contributed by atoms with Crippen molar-refractivity contribution in [3.05, 3.63) is 113 Å². The first-order chi connectivity index (χ1) is 20.7. The van der Waals surface area contributed by atoms with Crippen LogP contribution in [0.2, 0.25) is 0 Å². The van der Waals surface area contributed by atoms with Crippen molar-refractivity contribution in [1.29, 1.82) is 0 Å². The molecule has 0 spiro atoms. The SMILES string of the molecule is CC(=O)c1ccc(Oc2ccc(NC(=O)c3ccc(C(=O)N4CCC(C(=O)c5ccc(F)cc5F)CC4)nc3)cn2)cc1. The molecule has 4 aromatic rings. The van der Waals surface area contributed by atoms with Gasteiger partial charge in [0.25, 0.3) is 11.8 Å². The molecule has 0 atom stereocenters. The van der Waals surface area contributed by atoms with E-state index in [0.717, 1.165) is 12.1 Å². The molecule has 11 heteroatoms. The Kier molecular flexibility index (Phi) is 8.61. The Morgan fingerprint density at radius 3 is 2.19 bits per heavy atom. The van der Waals surface area contributed by atoms with E-state index in [9.17, 15) is 28.0 Å². The Bertz CT molecular complexity index is 1670. The Balaban J connectivity index is 1.12. The van der Waals surface area contributed by atoms with Crippen LogP contribution in [0.3, 0.4) is 0 Å². The molecule has 0 unspecified atom stereocenters. The number of ketones is 2. The number of Topliss-reactive ketones (excluding diaryl/α,β-unsaturated/α-hetero) is 2. The number of nitrogens with zero attached hydrogens (tertiary/aromatic N) is 3. The average Bonchev–Trinajstić information content (AvgIpc) is 3.02. The average molecular weight is 585 g/mol. The number of piperidine rings is 1. The number of anilines is 1. The number of benzene rings is 2. The van der Waals surface area contributed by atoms with Gasteiger partial charge < -0.3 is 15.0 Å². The fourth-order valence-corrected chi connectivity index (χ4v) is 4.67. The van der Waals surface area contributed by atoms with Crippen LogP contribution in [0.4, 0.5) is 14.5 Å². The number of hydrogen-bond acceptors (Lipinski definition) is 7. The predicted molar refractivity (Wildman–Crippen MR) is 152 cm³/mol. The maximum atomic E-state index is 14.0. The molecule has 43 heavy (non-hydrogen) atoms. The van der Waals surface area contributed by atoms with Gasteiger partial charge in [-0.25, -0.2) is 13.8 Å². The minimum absolute atomic E-state index is 0.0457. The summed E-state index contributed by atoms with van der Waals surface area (Å²) in [5.41, 5.74) is 1.21. The second-order valence-corrected chi connectivity index (χ2v) is 10.0. The Hall–Kier alpha value is -5.32. The molecule has 0 bridgehead atoms. The zero-order valence-corrected chi connectivity index (χ0v) is 23.1. The predicted octanol–water partition coefficient (Wildman–Crippen LogP) is 5.74. The van der Waals surface area contributed by atoms with Crippen LogP contribution in [0.25, 0.3) is 0 Å². The molecule has 2 amide bonds. The van der Waals surface area contributed by atoms with Crippen LogP contribution in [0.1, 0.15) is 61.3 Å². The highest BCUT2D eigenvalue weighted by atomic mass is 19.1. The van der Waals surface area contributed by atoms with Gasteiger partial charge in [-0.2, -0.15) is 0 Å². The zero-order valence-electron chi connectivity index (χ0n) is 23.1. The third-order valence-electron chi connectivity index (χ3n) is 7.07. The first-order valence-corrected chi connectivity index (χ1v) is 13.5. The van der Waals surface area contributed by atoms with E-state index >= 15 is 0 Å². The third kappa shape index (κ3) is 6.95. The zero-order chi connectivity index (χ0) is 30.5. The topological polar surface area (TPSA) is 119 Å². The maximum Gasteiger partial charge on any atom is 0.272 e. The molecule has 2 aromatic carbocycles. The first-order valence-electron chi connectivity index (χ1n) is 13.5. The van der Waals surface area contributed by atoms with E-state index in [1.165, 1.54) is 31.5 Å². The molecule has 9 nitrogen and oxygen atoms in total. The first kappa shape index (κ1) is 29.2. The summed E-state index contributed by atoms with van der Waals surface area (Å²) in [6, 6.07) is 15.7. The van der Waals surface area contributed by atoms with Crippen molar-refractivity contribution < 1.29 is 32.7 Å². The number of pyridine rings is 2. The Morgan fingerprint density at radius 2 is 1.58 bits per heavy atom. The summed E-state index contributed by atoms with van der Waals surface area (Å²) in [4.78, 5) is 59.7. The normalized spacial score (nSPS) is 13.3. The number of rotatable bonds is 8. The number of carbonyl (C=O) groups excluding carboxylic acids is 4. The summed E-state index contributed by atoms with van der Waals surface area (Å²) in [6.45, 7) is 2.03. The Labute approximate surface area is 245 Å². The number of carbonyl (C=O) groups is 4. The number of halogens is 2. The molecule has 1 aliphatic rings. The van der Waals surface area contributed by atoms with Gasteiger partial charge in [-0.15, -0.1) is 0 Å². The van der Waals surface area contributed by atoms with Crippen molar-refractivity contribution in [2.24, 2.45) is 5.92 Å². The van der Waals surface area contributed by atoms with Crippen molar-refractivity contribution in [1.82, 2.24) is 14.9 Å². The lowest BCUT2D eigenvalue weighted by Gasteiger charge is -2.31. The van der Waals surface area contributed by atoms with Crippen molar-refractivity contribution in [2.45, 2.75) is 19.8 Å². The molecule has 1 saturated heterocycles. The molecular formula is C32H26F2N4O5. The van der Waals surface area contributed by atoms with E-state index in [1.807, 2.05) is 0 Å². The van der Waals surface area contributed by atoms with Gasteiger partial charge in [0.15, 0.2) is 11.6 Å². The van der Waals surface area contributed by atoms with Gasteiger partial charge in [0.1, 0.15) is 23.1 Å². The number of ether oxygens (including phenoxy) is 1. The fraction of sp³-hybridized carbons (Fsp3) is 0.188. The summed E-state index contributed by atoms with van der Waals surface area (Å²) >= 11 is 0. The van der Waals surface area contributed by atoms with Gasteiger partial charge in [-0.05, 0) is 74.4 Å². The summed E-state index contributed by atoms with van der Waals surface area (Å²) in [7, 11) is 0. The van der Waals surface area contributed by atoms with E-state index in [1.54, 1.807) is 41.3 Å². The van der Waals surface area contributed by atoms with Crippen LogP contribution < -0.4 is 10.1 Å². The monoisotopic (exact) mass is 584 g/mol. The molecular weight excluding hydrogens is 558 g/mol. The number of likely N-dealkylation sites (tertiary alicyclic amines) is 1. The lowest BCUT2D eigenvalue weighted by Crippen LogP contribution is -2.40. The van der Waals surface area contributed by atoms with Gasteiger partial charge in [-0.3, -0.25) is 24.2 Å². The largest absolute Gasteiger partial charge is 0.439 e. The van der Waals surface area contributed by atoms with Gasteiger partial charge >= 0.3 is 0 Å².